The molecule has 0 saturated heterocycles. The van der Waals surface area contributed by atoms with Crippen molar-refractivity contribution >= 4 is 5.65 Å². The van der Waals surface area contributed by atoms with Crippen molar-refractivity contribution in [2.24, 2.45) is 7.05 Å². The minimum atomic E-state index is 0.178. The molecule has 2 atom stereocenters. The van der Waals surface area contributed by atoms with Crippen molar-refractivity contribution in [3.05, 3.63) is 83.1 Å². The monoisotopic (exact) mass is 403 g/mol. The zero-order chi connectivity index (χ0) is 21.3. The number of aromatic nitrogens is 4. The predicted octanol–water partition coefficient (Wildman–Crippen LogP) is 4.68. The second-order valence-corrected chi connectivity index (χ2v) is 7.88. The number of rotatable bonds is 7. The lowest BCUT2D eigenvalue weighted by atomic mass is 10.0. The minimum absolute atomic E-state index is 0.178. The Balaban J connectivity index is 1.43. The van der Waals surface area contributed by atoms with Gasteiger partial charge in [0.2, 0.25) is 0 Å². The lowest BCUT2D eigenvalue weighted by molar-refractivity contribution is 0.301. The fourth-order valence-electron chi connectivity index (χ4n) is 4.06. The number of hydrogen-bond acceptors (Lipinski definition) is 4. The van der Waals surface area contributed by atoms with E-state index in [1.807, 2.05) is 58.9 Å². The number of pyridine rings is 1. The van der Waals surface area contributed by atoms with Crippen LogP contribution in [-0.2, 0) is 13.7 Å². The maximum atomic E-state index is 6.03. The second kappa shape index (κ2) is 8.32. The van der Waals surface area contributed by atoms with E-state index >= 15 is 0 Å². The molecule has 0 radical (unpaired) electrons. The Morgan fingerprint density at radius 2 is 1.90 bits per heavy atom. The number of benzene rings is 1. The molecule has 1 aromatic carbocycles. The molecule has 0 aliphatic rings. The summed E-state index contributed by atoms with van der Waals surface area (Å²) in [5.74, 6) is 0.847. The van der Waals surface area contributed by atoms with E-state index < -0.39 is 0 Å². The largest absolute Gasteiger partial charge is 0.487 e. The van der Waals surface area contributed by atoms with Gasteiger partial charge in [0.05, 0.1) is 11.4 Å². The summed E-state index contributed by atoms with van der Waals surface area (Å²) in [5.41, 5.74) is 6.57. The summed E-state index contributed by atoms with van der Waals surface area (Å²) < 4.78 is 9.98. The molecule has 0 saturated carbocycles. The van der Waals surface area contributed by atoms with Crippen molar-refractivity contribution < 1.29 is 4.74 Å². The van der Waals surface area contributed by atoms with Crippen LogP contribution in [0.5, 0.6) is 5.75 Å². The summed E-state index contributed by atoms with van der Waals surface area (Å²) in [4.78, 5) is 4.59. The van der Waals surface area contributed by atoms with Gasteiger partial charge < -0.3 is 14.5 Å². The number of nitrogens with one attached hydrogen (secondary N) is 1. The molecule has 6 heteroatoms. The summed E-state index contributed by atoms with van der Waals surface area (Å²) in [6, 6.07) is 14.6. The van der Waals surface area contributed by atoms with Crippen LogP contribution in [-0.4, -0.2) is 19.2 Å². The molecule has 1 N–H and O–H groups in total. The molecule has 0 aliphatic carbocycles. The number of imidazole rings is 1. The van der Waals surface area contributed by atoms with Gasteiger partial charge in [-0.05, 0) is 57.5 Å². The standard InChI is InChI=1S/C24H29N5O/c1-16(25-17(2)24-18(3)27-28(5)19(24)4)20-9-8-10-22(13-20)30-15-21-14-29-12-7-6-11-23(29)26-21/h6-14,16-17,25H,15H2,1-5H3. The van der Waals surface area contributed by atoms with Crippen molar-refractivity contribution in [1.82, 2.24) is 24.5 Å². The van der Waals surface area contributed by atoms with E-state index in [1.54, 1.807) is 0 Å². The Hall–Kier alpha value is -3.12. The van der Waals surface area contributed by atoms with Crippen LogP contribution in [0.25, 0.3) is 5.65 Å². The average Bonchev–Trinajstić information content (AvgIpc) is 3.26. The Morgan fingerprint density at radius 1 is 1.07 bits per heavy atom. The fraction of sp³-hybridized carbons (Fsp3) is 0.333. The Morgan fingerprint density at radius 3 is 2.63 bits per heavy atom. The highest BCUT2D eigenvalue weighted by Crippen LogP contribution is 2.26. The van der Waals surface area contributed by atoms with Crippen LogP contribution in [0.2, 0.25) is 0 Å². The van der Waals surface area contributed by atoms with Crippen LogP contribution in [0.4, 0.5) is 0 Å². The lowest BCUT2D eigenvalue weighted by Crippen LogP contribution is -2.23. The third kappa shape index (κ3) is 4.09. The molecule has 4 aromatic rings. The van der Waals surface area contributed by atoms with Gasteiger partial charge in [-0.3, -0.25) is 4.68 Å². The first kappa shape index (κ1) is 20.2. The number of aryl methyl sites for hydroxylation is 2. The van der Waals surface area contributed by atoms with Crippen LogP contribution in [0.3, 0.4) is 0 Å². The quantitative estimate of drug-likeness (QED) is 0.487. The van der Waals surface area contributed by atoms with E-state index in [4.69, 9.17) is 4.74 Å². The van der Waals surface area contributed by atoms with E-state index in [1.165, 1.54) is 16.8 Å². The van der Waals surface area contributed by atoms with Crippen molar-refractivity contribution in [3.63, 3.8) is 0 Å². The van der Waals surface area contributed by atoms with Gasteiger partial charge in [0.15, 0.2) is 0 Å². The van der Waals surface area contributed by atoms with Crippen LogP contribution in [0, 0.1) is 13.8 Å². The van der Waals surface area contributed by atoms with E-state index in [9.17, 15) is 0 Å². The van der Waals surface area contributed by atoms with Crippen molar-refractivity contribution in [2.45, 2.75) is 46.4 Å². The highest BCUT2D eigenvalue weighted by molar-refractivity contribution is 5.39. The van der Waals surface area contributed by atoms with Crippen molar-refractivity contribution in [2.75, 3.05) is 0 Å². The Kier molecular flexibility index (Phi) is 5.59. The van der Waals surface area contributed by atoms with Gasteiger partial charge in [0.1, 0.15) is 18.0 Å². The van der Waals surface area contributed by atoms with Crippen LogP contribution in [0.15, 0.2) is 54.9 Å². The van der Waals surface area contributed by atoms with Crippen LogP contribution in [0.1, 0.15) is 54.1 Å². The third-order valence-electron chi connectivity index (χ3n) is 5.66. The van der Waals surface area contributed by atoms with Gasteiger partial charge in [-0.1, -0.05) is 18.2 Å². The van der Waals surface area contributed by atoms with Gasteiger partial charge in [-0.25, -0.2) is 4.98 Å². The molecule has 3 aromatic heterocycles. The number of fused-ring (bicyclic) bond motifs is 1. The number of nitrogens with zero attached hydrogens (tertiary/aromatic N) is 4. The van der Waals surface area contributed by atoms with E-state index in [0.717, 1.165) is 22.8 Å². The number of ether oxygens (including phenoxy) is 1. The normalized spacial score (nSPS) is 13.5. The first-order valence-electron chi connectivity index (χ1n) is 10.3. The molecule has 0 fully saturated rings. The zero-order valence-electron chi connectivity index (χ0n) is 18.3. The SMILES string of the molecule is Cc1nn(C)c(C)c1C(C)NC(C)c1cccc(OCc2cn3ccccc3n2)c1. The Labute approximate surface area is 177 Å². The molecular formula is C24H29N5O. The smallest absolute Gasteiger partial charge is 0.137 e. The fourth-order valence-corrected chi connectivity index (χ4v) is 4.06. The molecule has 0 spiro atoms. The first-order chi connectivity index (χ1) is 14.4. The third-order valence-corrected chi connectivity index (χ3v) is 5.66. The molecular weight excluding hydrogens is 374 g/mol. The van der Waals surface area contributed by atoms with E-state index in [-0.39, 0.29) is 12.1 Å². The summed E-state index contributed by atoms with van der Waals surface area (Å²) in [7, 11) is 1.99. The molecule has 30 heavy (non-hydrogen) atoms. The van der Waals surface area contributed by atoms with Gasteiger partial charge in [-0.15, -0.1) is 0 Å². The molecule has 4 rings (SSSR count). The van der Waals surface area contributed by atoms with Crippen molar-refractivity contribution in [1.29, 1.82) is 0 Å². The molecule has 156 valence electrons. The Bertz CT molecular complexity index is 1130. The maximum absolute atomic E-state index is 6.03. The van der Waals surface area contributed by atoms with Crippen LogP contribution < -0.4 is 10.1 Å². The molecule has 2 unspecified atom stereocenters. The topological polar surface area (TPSA) is 56.4 Å². The predicted molar refractivity (Wildman–Crippen MR) is 119 cm³/mol. The minimum Gasteiger partial charge on any atom is -0.487 e. The molecule has 0 bridgehead atoms. The summed E-state index contributed by atoms with van der Waals surface area (Å²) in [6.07, 6.45) is 4.00. The average molecular weight is 404 g/mol. The van der Waals surface area contributed by atoms with Gasteiger partial charge in [0.25, 0.3) is 0 Å². The highest BCUT2D eigenvalue weighted by atomic mass is 16.5. The first-order valence-corrected chi connectivity index (χ1v) is 10.3. The summed E-state index contributed by atoms with van der Waals surface area (Å²) >= 11 is 0. The molecule has 6 nitrogen and oxygen atoms in total. The maximum Gasteiger partial charge on any atom is 0.137 e. The number of hydrogen-bond donors (Lipinski definition) is 1. The van der Waals surface area contributed by atoms with Gasteiger partial charge >= 0.3 is 0 Å². The lowest BCUT2D eigenvalue weighted by Gasteiger charge is -2.21. The zero-order valence-corrected chi connectivity index (χ0v) is 18.3. The van der Waals surface area contributed by atoms with E-state index in [2.05, 4.69) is 55.2 Å². The second-order valence-electron chi connectivity index (χ2n) is 7.88. The van der Waals surface area contributed by atoms with Crippen molar-refractivity contribution in [3.8, 4) is 5.75 Å². The highest BCUT2D eigenvalue weighted by Gasteiger charge is 2.18. The van der Waals surface area contributed by atoms with Gasteiger partial charge in [0, 0.05) is 42.8 Å². The molecule has 0 amide bonds. The van der Waals surface area contributed by atoms with Gasteiger partial charge in [-0.2, -0.15) is 5.10 Å². The molecule has 0 aliphatic heterocycles. The van der Waals surface area contributed by atoms with Crippen LogP contribution >= 0.6 is 0 Å². The van der Waals surface area contributed by atoms with E-state index in [0.29, 0.717) is 6.61 Å². The summed E-state index contributed by atoms with van der Waals surface area (Å²) in [5, 5.41) is 8.25. The summed E-state index contributed by atoms with van der Waals surface area (Å²) in [6.45, 7) is 9.00. The molecule has 3 heterocycles.